The van der Waals surface area contributed by atoms with Crippen LogP contribution in [0.3, 0.4) is 0 Å². The second kappa shape index (κ2) is 5.05. The Labute approximate surface area is 113 Å². The molecule has 3 rings (SSSR count). The number of imidazole rings is 1. The predicted molar refractivity (Wildman–Crippen MR) is 70.4 cm³/mol. The van der Waals surface area contributed by atoms with Crippen LogP contribution in [0.5, 0.6) is 0 Å². The molecule has 2 aromatic heterocycles. The topological polar surface area (TPSA) is 43.0 Å². The molecule has 0 aliphatic rings. The zero-order chi connectivity index (χ0) is 14.1. The molecule has 0 amide bonds. The van der Waals surface area contributed by atoms with Gasteiger partial charge < -0.3 is 9.67 Å². The van der Waals surface area contributed by atoms with Gasteiger partial charge in [-0.3, -0.25) is 4.57 Å². The minimum absolute atomic E-state index is 0.0865. The van der Waals surface area contributed by atoms with Crippen LogP contribution in [-0.2, 0) is 13.2 Å². The molecular weight excluding hydrogens is 264 g/mol. The van der Waals surface area contributed by atoms with E-state index in [0.29, 0.717) is 0 Å². The van der Waals surface area contributed by atoms with Crippen molar-refractivity contribution in [2.24, 2.45) is 0 Å². The Bertz CT molecular complexity index is 733. The van der Waals surface area contributed by atoms with Crippen molar-refractivity contribution >= 4 is 10.9 Å². The SMILES string of the molecule is OCc1cn(Cc2nccn2C(F)F)c2ccccc12. The molecule has 1 aromatic carbocycles. The van der Waals surface area contributed by atoms with E-state index in [-0.39, 0.29) is 19.0 Å². The molecule has 4 nitrogen and oxygen atoms in total. The Morgan fingerprint density at radius 2 is 2.05 bits per heavy atom. The van der Waals surface area contributed by atoms with Crippen molar-refractivity contribution in [1.29, 1.82) is 0 Å². The van der Waals surface area contributed by atoms with Crippen LogP contribution >= 0.6 is 0 Å². The number of nitrogens with zero attached hydrogens (tertiary/aromatic N) is 3. The average molecular weight is 277 g/mol. The van der Waals surface area contributed by atoms with E-state index in [9.17, 15) is 13.9 Å². The van der Waals surface area contributed by atoms with Crippen molar-refractivity contribution in [3.05, 3.63) is 54.2 Å². The van der Waals surface area contributed by atoms with Crippen molar-refractivity contribution in [3.8, 4) is 0 Å². The lowest BCUT2D eigenvalue weighted by Crippen LogP contribution is -2.08. The van der Waals surface area contributed by atoms with Crippen molar-refractivity contribution in [1.82, 2.24) is 14.1 Å². The number of halogens is 2. The minimum atomic E-state index is -2.60. The summed E-state index contributed by atoms with van der Waals surface area (Å²) in [6, 6.07) is 7.55. The predicted octanol–water partition coefficient (Wildman–Crippen LogP) is 2.77. The normalized spacial score (nSPS) is 11.6. The number of hydrogen-bond acceptors (Lipinski definition) is 2. The third-order valence-corrected chi connectivity index (χ3v) is 3.31. The number of benzene rings is 1. The molecule has 0 unspecified atom stereocenters. The van der Waals surface area contributed by atoms with Gasteiger partial charge in [-0.05, 0) is 6.07 Å². The zero-order valence-corrected chi connectivity index (χ0v) is 10.6. The van der Waals surface area contributed by atoms with Gasteiger partial charge in [0.05, 0.1) is 13.2 Å². The highest BCUT2D eigenvalue weighted by Gasteiger charge is 2.14. The van der Waals surface area contributed by atoms with E-state index in [1.165, 1.54) is 12.4 Å². The number of aliphatic hydroxyl groups excluding tert-OH is 1. The van der Waals surface area contributed by atoms with Crippen LogP contribution in [0, 0.1) is 0 Å². The Morgan fingerprint density at radius 3 is 2.80 bits per heavy atom. The number of alkyl halides is 2. The fourth-order valence-electron chi connectivity index (χ4n) is 2.38. The maximum atomic E-state index is 12.8. The molecule has 1 N–H and O–H groups in total. The first-order valence-electron chi connectivity index (χ1n) is 6.18. The lowest BCUT2D eigenvalue weighted by molar-refractivity contribution is 0.0667. The van der Waals surface area contributed by atoms with Crippen LogP contribution in [0.25, 0.3) is 10.9 Å². The van der Waals surface area contributed by atoms with Gasteiger partial charge in [0.15, 0.2) is 0 Å². The summed E-state index contributed by atoms with van der Waals surface area (Å²) in [7, 11) is 0. The first-order chi connectivity index (χ1) is 9.70. The summed E-state index contributed by atoms with van der Waals surface area (Å²) in [6.45, 7) is -2.46. The van der Waals surface area contributed by atoms with Crippen LogP contribution < -0.4 is 0 Å². The van der Waals surface area contributed by atoms with Crippen LogP contribution in [-0.4, -0.2) is 19.2 Å². The Balaban J connectivity index is 2.05. The number of aromatic nitrogens is 3. The quantitative estimate of drug-likeness (QED) is 0.797. The second-order valence-electron chi connectivity index (χ2n) is 4.49. The number of para-hydroxylation sites is 1. The van der Waals surface area contributed by atoms with Gasteiger partial charge in [0.2, 0.25) is 0 Å². The summed E-state index contributed by atoms with van der Waals surface area (Å²) >= 11 is 0. The van der Waals surface area contributed by atoms with Gasteiger partial charge in [-0.2, -0.15) is 8.78 Å². The van der Waals surface area contributed by atoms with Crippen molar-refractivity contribution in [3.63, 3.8) is 0 Å². The first-order valence-corrected chi connectivity index (χ1v) is 6.18. The molecule has 104 valence electrons. The molecule has 0 fully saturated rings. The fraction of sp³-hybridized carbons (Fsp3) is 0.214. The molecule has 0 saturated heterocycles. The molecule has 0 bridgehead atoms. The van der Waals surface area contributed by atoms with E-state index >= 15 is 0 Å². The Hall–Kier alpha value is -2.21. The van der Waals surface area contributed by atoms with E-state index < -0.39 is 6.55 Å². The molecule has 0 aliphatic carbocycles. The summed E-state index contributed by atoms with van der Waals surface area (Å²) in [4.78, 5) is 3.97. The van der Waals surface area contributed by atoms with Gasteiger partial charge in [0.1, 0.15) is 5.82 Å². The van der Waals surface area contributed by atoms with Crippen LogP contribution in [0.4, 0.5) is 8.78 Å². The minimum Gasteiger partial charge on any atom is -0.392 e. The summed E-state index contributed by atoms with van der Waals surface area (Å²) in [6.07, 6.45) is 4.40. The van der Waals surface area contributed by atoms with Gasteiger partial charge >= 0.3 is 6.55 Å². The standard InChI is InChI=1S/C14H13F2N3O/c15-14(16)19-6-5-17-13(19)8-18-7-10(9-20)11-3-1-2-4-12(11)18/h1-7,14,20H,8-9H2. The molecule has 0 atom stereocenters. The highest BCUT2D eigenvalue weighted by Crippen LogP contribution is 2.23. The Kier molecular flexibility index (Phi) is 3.23. The lowest BCUT2D eigenvalue weighted by atomic mass is 10.2. The molecule has 6 heteroatoms. The molecule has 0 aliphatic heterocycles. The molecule has 2 heterocycles. The largest absolute Gasteiger partial charge is 0.392 e. The van der Waals surface area contributed by atoms with Crippen LogP contribution in [0.2, 0.25) is 0 Å². The van der Waals surface area contributed by atoms with E-state index in [2.05, 4.69) is 4.98 Å². The van der Waals surface area contributed by atoms with E-state index in [1.807, 2.05) is 28.8 Å². The monoisotopic (exact) mass is 277 g/mol. The highest BCUT2D eigenvalue weighted by atomic mass is 19.3. The van der Waals surface area contributed by atoms with Gasteiger partial charge in [0.25, 0.3) is 0 Å². The second-order valence-corrected chi connectivity index (χ2v) is 4.49. The van der Waals surface area contributed by atoms with Gasteiger partial charge in [-0.1, -0.05) is 18.2 Å². The average Bonchev–Trinajstić information content (AvgIpc) is 3.04. The van der Waals surface area contributed by atoms with Crippen LogP contribution in [0.1, 0.15) is 17.9 Å². The van der Waals surface area contributed by atoms with Gasteiger partial charge in [-0.25, -0.2) is 4.98 Å². The third kappa shape index (κ3) is 2.08. The van der Waals surface area contributed by atoms with E-state index in [4.69, 9.17) is 0 Å². The summed E-state index contributed by atoms with van der Waals surface area (Å²) in [5.74, 6) is 0.283. The molecule has 0 saturated carbocycles. The first kappa shape index (κ1) is 12.8. The maximum Gasteiger partial charge on any atom is 0.319 e. The maximum absolute atomic E-state index is 12.8. The van der Waals surface area contributed by atoms with Gasteiger partial charge in [-0.15, -0.1) is 0 Å². The summed E-state index contributed by atoms with van der Waals surface area (Å²) < 4.78 is 28.3. The van der Waals surface area contributed by atoms with Gasteiger partial charge in [0, 0.05) is 35.1 Å². The highest BCUT2D eigenvalue weighted by molar-refractivity contribution is 5.83. The molecule has 0 radical (unpaired) electrons. The molecular formula is C14H13F2N3O. The van der Waals surface area contributed by atoms with Crippen molar-refractivity contribution < 1.29 is 13.9 Å². The number of aliphatic hydroxyl groups is 1. The number of rotatable bonds is 4. The summed E-state index contributed by atoms with van der Waals surface area (Å²) in [5.41, 5.74) is 1.66. The molecule has 0 spiro atoms. The van der Waals surface area contributed by atoms with E-state index in [0.717, 1.165) is 21.0 Å². The number of hydrogen-bond donors (Lipinski definition) is 1. The number of fused-ring (bicyclic) bond motifs is 1. The van der Waals surface area contributed by atoms with Crippen molar-refractivity contribution in [2.75, 3.05) is 0 Å². The van der Waals surface area contributed by atoms with E-state index in [1.54, 1.807) is 6.20 Å². The fourth-order valence-corrected chi connectivity index (χ4v) is 2.38. The summed E-state index contributed by atoms with van der Waals surface area (Å²) in [5, 5.41) is 10.3. The van der Waals surface area contributed by atoms with Crippen LogP contribution in [0.15, 0.2) is 42.9 Å². The molecule has 3 aromatic rings. The smallest absolute Gasteiger partial charge is 0.319 e. The van der Waals surface area contributed by atoms with Crippen molar-refractivity contribution in [2.45, 2.75) is 19.7 Å². The lowest BCUT2D eigenvalue weighted by Gasteiger charge is -2.08. The zero-order valence-electron chi connectivity index (χ0n) is 10.6. The third-order valence-electron chi connectivity index (χ3n) is 3.31. The molecule has 20 heavy (non-hydrogen) atoms. The Morgan fingerprint density at radius 1 is 1.25 bits per heavy atom.